The molecule has 0 saturated carbocycles. The SMILES string of the molecule is CC(C)CN(C[C@@H](O)[C@H](Cc1ccc(CCCOS(=O)(=O)O)cc1)N(C(=O)[O-])[C@H]1CO[C@H]2OCC[C@H]21)S(=O)(=O)c1ccc2c(c1)OCO2.[K+]. The summed E-state index contributed by atoms with van der Waals surface area (Å²) in [7, 11) is -8.70. The molecule has 5 atom stereocenters. The summed E-state index contributed by atoms with van der Waals surface area (Å²) in [5.41, 5.74) is 1.50. The van der Waals surface area contributed by atoms with Crippen LogP contribution in [-0.2, 0) is 46.9 Å². The van der Waals surface area contributed by atoms with Gasteiger partial charge in [0.15, 0.2) is 17.8 Å². The van der Waals surface area contributed by atoms with Crippen LogP contribution in [0.1, 0.15) is 37.8 Å². The molecule has 49 heavy (non-hydrogen) atoms. The Balaban J connectivity index is 0.00000541. The molecule has 2 aromatic rings. The molecular weight excluding hydrogens is 712 g/mol. The molecule has 18 heteroatoms. The molecule has 2 saturated heterocycles. The van der Waals surface area contributed by atoms with Gasteiger partial charge in [-0.05, 0) is 54.9 Å². The first-order valence-corrected chi connectivity index (χ1v) is 18.5. The molecule has 1 amide bonds. The number of benzene rings is 2. The number of sulfonamides is 1. The molecule has 3 aliphatic heterocycles. The zero-order valence-corrected chi connectivity index (χ0v) is 32.4. The fraction of sp³-hybridized carbons (Fsp3) is 0.581. The number of carboxylic acid groups (broad SMARTS) is 1. The van der Waals surface area contributed by atoms with Crippen LogP contribution in [0.3, 0.4) is 0 Å². The van der Waals surface area contributed by atoms with E-state index in [2.05, 4.69) is 4.18 Å². The molecule has 0 unspecified atom stereocenters. The second-order valence-electron chi connectivity index (χ2n) is 12.5. The van der Waals surface area contributed by atoms with Crippen LogP contribution in [0.25, 0.3) is 0 Å². The molecule has 0 radical (unpaired) electrons. The van der Waals surface area contributed by atoms with Crippen LogP contribution < -0.4 is 66.0 Å². The Bertz CT molecular complexity index is 1640. The molecule has 3 aliphatic rings. The molecule has 3 heterocycles. The van der Waals surface area contributed by atoms with E-state index < -0.39 is 57.5 Å². The van der Waals surface area contributed by atoms with E-state index in [-0.39, 0.29) is 107 Å². The van der Waals surface area contributed by atoms with Gasteiger partial charge in [0, 0.05) is 25.1 Å². The van der Waals surface area contributed by atoms with Crippen LogP contribution >= 0.6 is 0 Å². The summed E-state index contributed by atoms with van der Waals surface area (Å²) < 4.78 is 85.9. The van der Waals surface area contributed by atoms with Gasteiger partial charge in [-0.3, -0.25) is 4.55 Å². The zero-order valence-electron chi connectivity index (χ0n) is 27.7. The number of carbonyl (C=O) groups is 1. The number of nitrogens with zero attached hydrogens (tertiary/aromatic N) is 2. The van der Waals surface area contributed by atoms with Gasteiger partial charge >= 0.3 is 61.8 Å². The Morgan fingerprint density at radius 3 is 2.39 bits per heavy atom. The number of hydrogen-bond donors (Lipinski definition) is 2. The molecule has 15 nitrogen and oxygen atoms in total. The minimum absolute atomic E-state index is 0. The number of aliphatic hydroxyl groups is 1. The van der Waals surface area contributed by atoms with Gasteiger partial charge in [-0.25, -0.2) is 12.6 Å². The van der Waals surface area contributed by atoms with Crippen LogP contribution in [0.4, 0.5) is 4.79 Å². The number of aryl methyl sites for hydroxylation is 1. The van der Waals surface area contributed by atoms with Crippen molar-refractivity contribution in [2.75, 3.05) is 39.7 Å². The van der Waals surface area contributed by atoms with Gasteiger partial charge < -0.3 is 38.9 Å². The van der Waals surface area contributed by atoms with Crippen LogP contribution in [0.15, 0.2) is 47.4 Å². The van der Waals surface area contributed by atoms with E-state index in [1.165, 1.54) is 18.2 Å². The van der Waals surface area contributed by atoms with Gasteiger partial charge in [-0.2, -0.15) is 12.7 Å². The first kappa shape index (κ1) is 40.4. The van der Waals surface area contributed by atoms with Crippen molar-refractivity contribution in [2.45, 2.75) is 68.9 Å². The Kier molecular flexibility index (Phi) is 14.4. The average Bonchev–Trinajstić information content (AvgIpc) is 3.77. The van der Waals surface area contributed by atoms with E-state index in [4.69, 9.17) is 23.5 Å². The summed E-state index contributed by atoms with van der Waals surface area (Å²) in [6, 6.07) is 9.54. The van der Waals surface area contributed by atoms with Gasteiger partial charge in [0.05, 0.1) is 42.9 Å². The standard InChI is InChI=1S/C31H42N2O13S2.K/c1-20(2)16-32(47(37,38)23-9-10-28-29(15-23)45-19-44-28)17-27(34)25(33(31(35)36)26-18-43-30-24(26)11-13-42-30)14-22-7-5-21(6-8-22)4-3-12-46-48(39,40)41;/h5-10,15,20,24-27,30,34H,3-4,11-14,16-19H2,1-2H3,(H,35,36)(H,39,40,41);/q;+1/p-1/t24-,25-,26-,27+,30+;/m0./s1. The van der Waals surface area contributed by atoms with Gasteiger partial charge in [0.1, 0.15) is 6.09 Å². The predicted molar refractivity (Wildman–Crippen MR) is 167 cm³/mol. The quantitative estimate of drug-likeness (QED) is 0.111. The normalized spacial score (nSPS) is 21.4. The van der Waals surface area contributed by atoms with Crippen molar-refractivity contribution in [3.05, 3.63) is 53.6 Å². The molecule has 0 aliphatic carbocycles. The maximum Gasteiger partial charge on any atom is 1.00 e. The maximum absolute atomic E-state index is 14.0. The Morgan fingerprint density at radius 2 is 1.71 bits per heavy atom. The smallest absolute Gasteiger partial charge is 0.530 e. The van der Waals surface area contributed by atoms with Crippen molar-refractivity contribution in [2.24, 2.45) is 11.8 Å². The average molecular weight is 753 g/mol. The number of carbonyl (C=O) groups excluding carboxylic acids is 1. The number of ether oxygens (including phenoxy) is 4. The summed E-state index contributed by atoms with van der Waals surface area (Å²) in [6.45, 7) is 3.51. The molecule has 0 aromatic heterocycles. The third-order valence-electron chi connectivity index (χ3n) is 8.63. The summed E-state index contributed by atoms with van der Waals surface area (Å²) in [5, 5.41) is 24.7. The van der Waals surface area contributed by atoms with Crippen LogP contribution in [0.2, 0.25) is 0 Å². The molecule has 266 valence electrons. The summed E-state index contributed by atoms with van der Waals surface area (Å²) in [6.07, 6.45) is -2.26. The molecule has 2 fully saturated rings. The first-order chi connectivity index (χ1) is 22.7. The summed E-state index contributed by atoms with van der Waals surface area (Å²) >= 11 is 0. The molecule has 2 aromatic carbocycles. The number of fused-ring (bicyclic) bond motifs is 2. The Labute approximate surface area is 329 Å². The van der Waals surface area contributed by atoms with Crippen molar-refractivity contribution in [1.29, 1.82) is 0 Å². The minimum Gasteiger partial charge on any atom is -0.530 e. The molecule has 0 bridgehead atoms. The second-order valence-corrected chi connectivity index (χ2v) is 15.5. The second kappa shape index (κ2) is 17.4. The van der Waals surface area contributed by atoms with Crippen LogP contribution in [0.5, 0.6) is 11.5 Å². The van der Waals surface area contributed by atoms with E-state index in [9.17, 15) is 31.8 Å². The molecule has 0 spiro atoms. The summed E-state index contributed by atoms with van der Waals surface area (Å²) in [4.78, 5) is 13.9. The third kappa shape index (κ3) is 10.4. The predicted octanol–water partition coefficient (Wildman–Crippen LogP) is -1.80. The van der Waals surface area contributed by atoms with Crippen molar-refractivity contribution in [3.63, 3.8) is 0 Å². The Hall–Kier alpha value is -1.39. The first-order valence-electron chi connectivity index (χ1n) is 15.7. The maximum atomic E-state index is 14.0. The fourth-order valence-corrected chi connectivity index (χ4v) is 8.35. The summed E-state index contributed by atoms with van der Waals surface area (Å²) in [5.74, 6) is 0.284. The van der Waals surface area contributed by atoms with Crippen molar-refractivity contribution < 1.29 is 111 Å². The van der Waals surface area contributed by atoms with Crippen LogP contribution in [-0.4, -0.2) is 106 Å². The minimum atomic E-state index is -4.53. The molecular formula is C31H41KN2O13S2. The molecule has 5 rings (SSSR count). The van der Waals surface area contributed by atoms with Crippen molar-refractivity contribution >= 4 is 26.5 Å². The van der Waals surface area contributed by atoms with Gasteiger partial charge in [0.2, 0.25) is 16.8 Å². The van der Waals surface area contributed by atoms with E-state index in [1.807, 2.05) is 13.8 Å². The van der Waals surface area contributed by atoms with Crippen molar-refractivity contribution in [3.8, 4) is 11.5 Å². The number of aliphatic hydroxyl groups excluding tert-OH is 1. The number of rotatable bonds is 16. The van der Waals surface area contributed by atoms with E-state index in [0.29, 0.717) is 37.2 Å². The Morgan fingerprint density at radius 1 is 1.02 bits per heavy atom. The fourth-order valence-electron chi connectivity index (χ4n) is 6.38. The van der Waals surface area contributed by atoms with Gasteiger partial charge in [0.25, 0.3) is 0 Å². The van der Waals surface area contributed by atoms with Gasteiger partial charge in [-0.15, -0.1) is 0 Å². The topological polar surface area (TPSA) is 201 Å². The molecule has 2 N–H and O–H groups in total. The number of amides is 1. The van der Waals surface area contributed by atoms with Crippen LogP contribution in [0, 0.1) is 11.8 Å². The zero-order chi connectivity index (χ0) is 34.6. The van der Waals surface area contributed by atoms with E-state index >= 15 is 0 Å². The van der Waals surface area contributed by atoms with E-state index in [0.717, 1.165) is 14.8 Å². The van der Waals surface area contributed by atoms with Crippen molar-refractivity contribution in [1.82, 2.24) is 9.21 Å². The number of hydrogen-bond acceptors (Lipinski definition) is 12. The van der Waals surface area contributed by atoms with Gasteiger partial charge in [-0.1, -0.05) is 38.1 Å². The third-order valence-corrected chi connectivity index (χ3v) is 10.9. The monoisotopic (exact) mass is 752 g/mol. The van der Waals surface area contributed by atoms with E-state index in [1.54, 1.807) is 24.3 Å². The largest absolute Gasteiger partial charge is 1.00 e.